The molecule has 4 nitrogen and oxygen atoms in total. The Morgan fingerprint density at radius 3 is 2.75 bits per heavy atom. The van der Waals surface area contributed by atoms with Gasteiger partial charge < -0.3 is 9.32 Å². The van der Waals surface area contributed by atoms with Crippen molar-refractivity contribution in [2.75, 3.05) is 6.54 Å². The molecule has 1 amide bonds. The van der Waals surface area contributed by atoms with Crippen LogP contribution in [0.25, 0.3) is 10.6 Å². The maximum Gasteiger partial charge on any atom is 0.406 e. The highest BCUT2D eigenvalue weighted by atomic mass is 32.1. The number of alkyl halides is 3. The molecular formula is C15H11F3N2O2S2. The summed E-state index contributed by atoms with van der Waals surface area (Å²) in [7, 11) is 0. The number of aromatic nitrogens is 1. The van der Waals surface area contributed by atoms with E-state index in [2.05, 4.69) is 4.98 Å². The molecule has 0 saturated carbocycles. The zero-order chi connectivity index (χ0) is 17.2. The smallest absolute Gasteiger partial charge is 0.406 e. The maximum atomic E-state index is 12.8. The van der Waals surface area contributed by atoms with Crippen molar-refractivity contribution in [1.82, 2.24) is 9.88 Å². The molecule has 0 bridgehead atoms. The van der Waals surface area contributed by atoms with Gasteiger partial charge in [-0.1, -0.05) is 0 Å². The molecule has 0 N–H and O–H groups in total. The number of hydrogen-bond acceptors (Lipinski definition) is 5. The second kappa shape index (κ2) is 6.78. The Bertz CT molecular complexity index is 795. The molecule has 3 rings (SSSR count). The fraction of sp³-hybridized carbons (Fsp3) is 0.200. The number of thiazole rings is 1. The minimum atomic E-state index is -4.51. The number of furan rings is 1. The van der Waals surface area contributed by atoms with E-state index in [1.54, 1.807) is 6.07 Å². The van der Waals surface area contributed by atoms with Crippen LogP contribution < -0.4 is 0 Å². The van der Waals surface area contributed by atoms with Gasteiger partial charge in [0.1, 0.15) is 23.0 Å². The first-order valence-electron chi connectivity index (χ1n) is 6.79. The Kier molecular flexibility index (Phi) is 4.72. The lowest BCUT2D eigenvalue weighted by Gasteiger charge is -2.22. The third-order valence-electron chi connectivity index (χ3n) is 3.08. The van der Waals surface area contributed by atoms with Crippen LogP contribution in [0.1, 0.15) is 16.2 Å². The van der Waals surface area contributed by atoms with E-state index in [1.165, 1.54) is 40.4 Å². The summed E-state index contributed by atoms with van der Waals surface area (Å²) in [5.74, 6) is -0.498. The third kappa shape index (κ3) is 4.04. The molecular weight excluding hydrogens is 361 g/mol. The van der Waals surface area contributed by atoms with Crippen LogP contribution in [0.4, 0.5) is 13.2 Å². The van der Waals surface area contributed by atoms with E-state index in [9.17, 15) is 18.0 Å². The van der Waals surface area contributed by atoms with Crippen molar-refractivity contribution in [3.8, 4) is 10.6 Å². The molecule has 0 spiro atoms. The molecule has 3 aromatic rings. The lowest BCUT2D eigenvalue weighted by atomic mass is 10.3. The van der Waals surface area contributed by atoms with E-state index in [-0.39, 0.29) is 18.0 Å². The van der Waals surface area contributed by atoms with Crippen molar-refractivity contribution in [3.05, 3.63) is 52.1 Å². The van der Waals surface area contributed by atoms with Gasteiger partial charge in [-0.3, -0.25) is 4.79 Å². The van der Waals surface area contributed by atoms with Crippen molar-refractivity contribution < 1.29 is 22.4 Å². The van der Waals surface area contributed by atoms with Crippen molar-refractivity contribution >= 4 is 28.6 Å². The summed E-state index contributed by atoms with van der Waals surface area (Å²) < 4.78 is 43.4. The van der Waals surface area contributed by atoms with Crippen molar-refractivity contribution in [1.29, 1.82) is 0 Å². The summed E-state index contributed by atoms with van der Waals surface area (Å²) in [6, 6.07) is 4.92. The Hall–Kier alpha value is -2.13. The van der Waals surface area contributed by atoms with E-state index >= 15 is 0 Å². The first-order valence-corrected chi connectivity index (χ1v) is 8.61. The fourth-order valence-electron chi connectivity index (χ4n) is 2.06. The average Bonchev–Trinajstić information content (AvgIpc) is 3.25. The number of carbonyl (C=O) groups is 1. The van der Waals surface area contributed by atoms with Gasteiger partial charge in [0.25, 0.3) is 5.91 Å². The van der Waals surface area contributed by atoms with Gasteiger partial charge in [-0.05, 0) is 23.6 Å². The van der Waals surface area contributed by atoms with Gasteiger partial charge >= 0.3 is 6.18 Å². The number of thiophene rings is 1. The molecule has 0 fully saturated rings. The van der Waals surface area contributed by atoms with Gasteiger partial charge in [-0.25, -0.2) is 4.98 Å². The maximum absolute atomic E-state index is 12.8. The number of amides is 1. The second-order valence-corrected chi connectivity index (χ2v) is 6.54. The predicted molar refractivity (Wildman–Crippen MR) is 84.9 cm³/mol. The Morgan fingerprint density at radius 1 is 1.29 bits per heavy atom. The Labute approximate surface area is 143 Å². The molecule has 0 radical (unpaired) electrons. The number of nitrogens with zero attached hydrogens (tertiary/aromatic N) is 2. The van der Waals surface area contributed by atoms with Crippen molar-refractivity contribution in [3.63, 3.8) is 0 Å². The predicted octanol–water partition coefficient (Wildman–Crippen LogP) is 4.67. The number of halogens is 3. The van der Waals surface area contributed by atoms with Crippen LogP contribution in [0, 0.1) is 0 Å². The summed E-state index contributed by atoms with van der Waals surface area (Å²) >= 11 is 2.70. The largest absolute Gasteiger partial charge is 0.467 e. The van der Waals surface area contributed by atoms with Gasteiger partial charge in [0, 0.05) is 16.3 Å². The molecule has 0 aliphatic carbocycles. The highest BCUT2D eigenvalue weighted by molar-refractivity contribution is 7.14. The van der Waals surface area contributed by atoms with Gasteiger partial charge in [0.15, 0.2) is 0 Å². The summed E-state index contributed by atoms with van der Waals surface area (Å²) in [6.45, 7) is -1.63. The van der Waals surface area contributed by atoms with Gasteiger partial charge in [0.05, 0.1) is 12.8 Å². The van der Waals surface area contributed by atoms with Crippen molar-refractivity contribution in [2.24, 2.45) is 0 Å². The van der Waals surface area contributed by atoms with Crippen LogP contribution in [-0.4, -0.2) is 28.5 Å². The normalized spacial score (nSPS) is 11.6. The molecule has 126 valence electrons. The Morgan fingerprint density at radius 2 is 2.12 bits per heavy atom. The topological polar surface area (TPSA) is 46.3 Å². The molecule has 0 aliphatic heterocycles. The molecule has 3 aromatic heterocycles. The quantitative estimate of drug-likeness (QED) is 0.654. The molecule has 0 atom stereocenters. The van der Waals surface area contributed by atoms with E-state index in [1.807, 2.05) is 16.8 Å². The van der Waals surface area contributed by atoms with Crippen LogP contribution in [0.5, 0.6) is 0 Å². The minimum absolute atomic E-state index is 0.00277. The highest BCUT2D eigenvalue weighted by Crippen LogP contribution is 2.27. The number of rotatable bonds is 5. The van der Waals surface area contributed by atoms with Gasteiger partial charge in [0.2, 0.25) is 0 Å². The lowest BCUT2D eigenvalue weighted by molar-refractivity contribution is -0.142. The third-order valence-corrected chi connectivity index (χ3v) is 4.65. The van der Waals surface area contributed by atoms with Gasteiger partial charge in [-0.2, -0.15) is 24.5 Å². The summed E-state index contributed by atoms with van der Waals surface area (Å²) in [4.78, 5) is 17.3. The van der Waals surface area contributed by atoms with Crippen LogP contribution in [0.3, 0.4) is 0 Å². The SMILES string of the molecule is O=C(c1csc(-c2ccsc2)n1)N(Cc1ccco1)CC(F)(F)F. The Balaban J connectivity index is 1.82. The van der Waals surface area contributed by atoms with Crippen LogP contribution in [0.15, 0.2) is 45.0 Å². The summed E-state index contributed by atoms with van der Waals surface area (Å²) in [6.07, 6.45) is -3.16. The molecule has 0 aliphatic rings. The average molecular weight is 372 g/mol. The van der Waals surface area contributed by atoms with E-state index in [0.717, 1.165) is 5.56 Å². The van der Waals surface area contributed by atoms with E-state index in [0.29, 0.717) is 9.91 Å². The molecule has 3 heterocycles. The molecule has 9 heteroatoms. The zero-order valence-corrected chi connectivity index (χ0v) is 13.7. The van der Waals surface area contributed by atoms with E-state index < -0.39 is 18.6 Å². The van der Waals surface area contributed by atoms with Gasteiger partial charge in [-0.15, -0.1) is 11.3 Å². The standard InChI is InChI=1S/C15H11F3N2O2S2/c16-15(17,18)9-20(6-11-2-1-4-22-11)14(21)12-8-24-13(19-12)10-3-5-23-7-10/h1-5,7-8H,6,9H2. The van der Waals surface area contributed by atoms with Crippen LogP contribution in [0.2, 0.25) is 0 Å². The van der Waals surface area contributed by atoms with E-state index in [4.69, 9.17) is 4.42 Å². The lowest BCUT2D eigenvalue weighted by Crippen LogP contribution is -2.38. The summed E-state index contributed by atoms with van der Waals surface area (Å²) in [5, 5.41) is 5.81. The summed E-state index contributed by atoms with van der Waals surface area (Å²) in [5.41, 5.74) is 0.842. The first-order chi connectivity index (χ1) is 11.4. The first kappa shape index (κ1) is 16.7. The minimum Gasteiger partial charge on any atom is -0.467 e. The van der Waals surface area contributed by atoms with Crippen molar-refractivity contribution in [2.45, 2.75) is 12.7 Å². The molecule has 0 saturated heterocycles. The second-order valence-electron chi connectivity index (χ2n) is 4.91. The molecule has 0 aromatic carbocycles. The fourth-order valence-corrected chi connectivity index (χ4v) is 3.57. The highest BCUT2D eigenvalue weighted by Gasteiger charge is 2.34. The number of hydrogen-bond donors (Lipinski definition) is 0. The zero-order valence-electron chi connectivity index (χ0n) is 12.1. The van der Waals surface area contributed by atoms with Crippen LogP contribution >= 0.6 is 22.7 Å². The molecule has 24 heavy (non-hydrogen) atoms. The van der Waals surface area contributed by atoms with Crippen LogP contribution in [-0.2, 0) is 6.54 Å². The molecule has 0 unspecified atom stereocenters. The monoisotopic (exact) mass is 372 g/mol. The number of carbonyl (C=O) groups excluding carboxylic acids is 1.